The van der Waals surface area contributed by atoms with Gasteiger partial charge in [0, 0.05) is 23.6 Å². The maximum absolute atomic E-state index is 12.3. The lowest BCUT2D eigenvalue weighted by Gasteiger charge is -2.06. The number of hydrogen-bond acceptors (Lipinski definition) is 4. The summed E-state index contributed by atoms with van der Waals surface area (Å²) in [5.41, 5.74) is 2.71. The molecular weight excluding hydrogens is 338 g/mol. The molecule has 1 aliphatic rings. The number of hydrogen-bond donors (Lipinski definition) is 1. The molecule has 27 heavy (non-hydrogen) atoms. The Morgan fingerprint density at radius 3 is 2.52 bits per heavy atom. The number of rotatable bonds is 6. The molecule has 1 fully saturated rings. The zero-order chi connectivity index (χ0) is 18.5. The summed E-state index contributed by atoms with van der Waals surface area (Å²) >= 11 is 0. The Kier molecular flexibility index (Phi) is 5.28. The van der Waals surface area contributed by atoms with E-state index in [1.807, 2.05) is 30.3 Å². The van der Waals surface area contributed by atoms with E-state index in [1.165, 1.54) is 18.4 Å². The third kappa shape index (κ3) is 4.25. The third-order valence-corrected chi connectivity index (χ3v) is 5.09. The topological polar surface area (TPSA) is 68.0 Å². The van der Waals surface area contributed by atoms with E-state index in [4.69, 9.17) is 4.52 Å². The van der Waals surface area contributed by atoms with Crippen molar-refractivity contribution in [2.45, 2.75) is 38.0 Å². The van der Waals surface area contributed by atoms with Crippen LogP contribution in [0.3, 0.4) is 0 Å². The highest BCUT2D eigenvalue weighted by Gasteiger charge is 2.23. The average molecular weight is 361 g/mol. The second-order valence-corrected chi connectivity index (χ2v) is 7.01. The SMILES string of the molecule is O=C(NCCc1ccccc1)c1ccc(-c2noc(C3CCCC3)n2)cc1. The van der Waals surface area contributed by atoms with Crippen molar-refractivity contribution >= 4 is 5.91 Å². The number of amides is 1. The van der Waals surface area contributed by atoms with Gasteiger partial charge < -0.3 is 9.84 Å². The first-order chi connectivity index (χ1) is 13.3. The Balaban J connectivity index is 1.34. The number of benzene rings is 2. The van der Waals surface area contributed by atoms with Crippen molar-refractivity contribution in [3.63, 3.8) is 0 Å². The van der Waals surface area contributed by atoms with Crippen molar-refractivity contribution in [1.29, 1.82) is 0 Å². The van der Waals surface area contributed by atoms with Crippen LogP contribution in [0.4, 0.5) is 0 Å². The minimum atomic E-state index is -0.0720. The highest BCUT2D eigenvalue weighted by molar-refractivity contribution is 5.94. The first-order valence-electron chi connectivity index (χ1n) is 9.56. The van der Waals surface area contributed by atoms with E-state index in [0.29, 0.717) is 23.9 Å². The molecule has 1 saturated carbocycles. The van der Waals surface area contributed by atoms with Crippen LogP contribution in [0, 0.1) is 0 Å². The standard InChI is InChI=1S/C22H23N3O2/c26-21(23-15-14-16-6-2-1-3-7-16)18-12-10-17(11-13-18)20-24-22(27-25-20)19-8-4-5-9-19/h1-3,6-7,10-13,19H,4-5,8-9,14-15H2,(H,23,26). The zero-order valence-electron chi connectivity index (χ0n) is 15.2. The first kappa shape index (κ1) is 17.5. The third-order valence-electron chi connectivity index (χ3n) is 5.09. The summed E-state index contributed by atoms with van der Waals surface area (Å²) in [6, 6.07) is 17.5. The van der Waals surface area contributed by atoms with Crippen molar-refractivity contribution in [3.05, 3.63) is 71.6 Å². The number of nitrogens with zero attached hydrogens (tertiary/aromatic N) is 2. The van der Waals surface area contributed by atoms with Gasteiger partial charge in [-0.3, -0.25) is 4.79 Å². The van der Waals surface area contributed by atoms with Gasteiger partial charge in [-0.1, -0.05) is 60.5 Å². The summed E-state index contributed by atoms with van der Waals surface area (Å²) < 4.78 is 5.44. The minimum Gasteiger partial charge on any atom is -0.352 e. The molecule has 2 aromatic carbocycles. The van der Waals surface area contributed by atoms with Crippen molar-refractivity contribution in [3.8, 4) is 11.4 Å². The molecule has 1 amide bonds. The van der Waals surface area contributed by atoms with E-state index in [1.54, 1.807) is 12.1 Å². The molecule has 1 heterocycles. The second-order valence-electron chi connectivity index (χ2n) is 7.01. The van der Waals surface area contributed by atoms with Crippen LogP contribution < -0.4 is 5.32 Å². The average Bonchev–Trinajstić information content (AvgIpc) is 3.41. The largest absolute Gasteiger partial charge is 0.352 e. The Labute approximate surface area is 158 Å². The van der Waals surface area contributed by atoms with Crippen molar-refractivity contribution in [2.75, 3.05) is 6.54 Å². The van der Waals surface area contributed by atoms with Gasteiger partial charge in [0.25, 0.3) is 5.91 Å². The van der Waals surface area contributed by atoms with E-state index in [-0.39, 0.29) is 5.91 Å². The van der Waals surface area contributed by atoms with Gasteiger partial charge in [-0.05, 0) is 37.0 Å². The summed E-state index contributed by atoms with van der Waals surface area (Å²) in [6.45, 7) is 0.611. The molecule has 0 unspecified atom stereocenters. The van der Waals surface area contributed by atoms with Crippen LogP contribution >= 0.6 is 0 Å². The molecule has 138 valence electrons. The van der Waals surface area contributed by atoms with Gasteiger partial charge in [-0.2, -0.15) is 4.98 Å². The molecule has 0 saturated heterocycles. The van der Waals surface area contributed by atoms with Gasteiger partial charge >= 0.3 is 0 Å². The molecule has 0 atom stereocenters. The predicted octanol–water partition coefficient (Wildman–Crippen LogP) is 4.37. The van der Waals surface area contributed by atoms with Crippen LogP contribution in [0.15, 0.2) is 59.1 Å². The van der Waals surface area contributed by atoms with Crippen molar-refractivity contribution < 1.29 is 9.32 Å². The molecule has 1 aromatic heterocycles. The Bertz CT molecular complexity index is 881. The lowest BCUT2D eigenvalue weighted by atomic mass is 10.1. The van der Waals surface area contributed by atoms with Crippen LogP contribution in [-0.2, 0) is 6.42 Å². The molecule has 5 heteroatoms. The number of nitrogens with one attached hydrogen (secondary N) is 1. The van der Waals surface area contributed by atoms with Crippen molar-refractivity contribution in [1.82, 2.24) is 15.5 Å². The zero-order valence-corrected chi connectivity index (χ0v) is 15.2. The fraction of sp³-hybridized carbons (Fsp3) is 0.318. The molecule has 3 aromatic rings. The molecule has 0 aliphatic heterocycles. The number of carbonyl (C=O) groups is 1. The molecule has 1 N–H and O–H groups in total. The molecule has 0 spiro atoms. The maximum atomic E-state index is 12.3. The molecule has 5 nitrogen and oxygen atoms in total. The van der Waals surface area contributed by atoms with E-state index in [9.17, 15) is 4.79 Å². The normalized spacial score (nSPS) is 14.4. The van der Waals surface area contributed by atoms with Gasteiger partial charge in [0.15, 0.2) is 0 Å². The van der Waals surface area contributed by atoms with E-state index in [0.717, 1.165) is 30.7 Å². The summed E-state index contributed by atoms with van der Waals surface area (Å²) in [5, 5.41) is 7.06. The van der Waals surface area contributed by atoms with Crippen LogP contribution in [0.25, 0.3) is 11.4 Å². The van der Waals surface area contributed by atoms with Crippen LogP contribution in [-0.4, -0.2) is 22.6 Å². The fourth-order valence-corrected chi connectivity index (χ4v) is 3.53. The maximum Gasteiger partial charge on any atom is 0.251 e. The van der Waals surface area contributed by atoms with E-state index >= 15 is 0 Å². The minimum absolute atomic E-state index is 0.0720. The van der Waals surface area contributed by atoms with Crippen LogP contribution in [0.2, 0.25) is 0 Å². The second kappa shape index (κ2) is 8.16. The number of carbonyl (C=O) groups excluding carboxylic acids is 1. The first-order valence-corrected chi connectivity index (χ1v) is 9.56. The fourth-order valence-electron chi connectivity index (χ4n) is 3.53. The van der Waals surface area contributed by atoms with Gasteiger partial charge in [0.05, 0.1) is 0 Å². The molecular formula is C22H23N3O2. The molecule has 0 radical (unpaired) electrons. The van der Waals surface area contributed by atoms with Crippen LogP contribution in [0.5, 0.6) is 0 Å². The van der Waals surface area contributed by atoms with Crippen molar-refractivity contribution in [2.24, 2.45) is 0 Å². The summed E-state index contributed by atoms with van der Waals surface area (Å²) in [5.74, 6) is 1.66. The lowest BCUT2D eigenvalue weighted by molar-refractivity contribution is 0.0954. The molecule has 1 aliphatic carbocycles. The Morgan fingerprint density at radius 1 is 1.04 bits per heavy atom. The van der Waals surface area contributed by atoms with Gasteiger partial charge in [-0.25, -0.2) is 0 Å². The van der Waals surface area contributed by atoms with E-state index in [2.05, 4.69) is 27.6 Å². The van der Waals surface area contributed by atoms with Gasteiger partial charge in [0.1, 0.15) is 0 Å². The van der Waals surface area contributed by atoms with E-state index < -0.39 is 0 Å². The molecule has 4 rings (SSSR count). The quantitative estimate of drug-likeness (QED) is 0.708. The smallest absolute Gasteiger partial charge is 0.251 e. The monoisotopic (exact) mass is 361 g/mol. The van der Waals surface area contributed by atoms with Gasteiger partial charge in [-0.15, -0.1) is 0 Å². The Morgan fingerprint density at radius 2 is 1.78 bits per heavy atom. The highest BCUT2D eigenvalue weighted by Crippen LogP contribution is 2.33. The summed E-state index contributed by atoms with van der Waals surface area (Å²) in [6.07, 6.45) is 5.54. The van der Waals surface area contributed by atoms with Gasteiger partial charge in [0.2, 0.25) is 11.7 Å². The highest BCUT2D eigenvalue weighted by atomic mass is 16.5. The Hall–Kier alpha value is -2.95. The van der Waals surface area contributed by atoms with Crippen LogP contribution in [0.1, 0.15) is 53.4 Å². The predicted molar refractivity (Wildman–Crippen MR) is 103 cm³/mol. The summed E-state index contributed by atoms with van der Waals surface area (Å²) in [4.78, 5) is 16.8. The molecule has 0 bridgehead atoms. The lowest BCUT2D eigenvalue weighted by Crippen LogP contribution is -2.25. The number of aromatic nitrogens is 2. The summed E-state index contributed by atoms with van der Waals surface area (Å²) in [7, 11) is 0.